The van der Waals surface area contributed by atoms with Crippen LogP contribution in [0.1, 0.15) is 98.5 Å². The molecule has 1 fully saturated rings. The molecule has 1 saturated heterocycles. The van der Waals surface area contributed by atoms with Crippen molar-refractivity contribution in [2.45, 2.75) is 148 Å². The quantitative estimate of drug-likeness (QED) is 0.0668. The molecule has 0 N–H and O–H groups in total. The van der Waals surface area contributed by atoms with Crippen molar-refractivity contribution in [1.29, 1.82) is 0 Å². The number of hydrogen-bond acceptors (Lipinski definition) is 7. The Morgan fingerprint density at radius 3 is 2.33 bits per heavy atom. The molecule has 0 bridgehead atoms. The van der Waals surface area contributed by atoms with Crippen LogP contribution in [0.15, 0.2) is 24.3 Å². The van der Waals surface area contributed by atoms with Crippen molar-refractivity contribution in [3.63, 3.8) is 0 Å². The lowest BCUT2D eigenvalue weighted by molar-refractivity contribution is -0.143. The average Bonchev–Trinajstić information content (AvgIpc) is 3.24. The largest absolute Gasteiger partial charge is 0.497 e. The monoisotopic (exact) mass is 620 g/mol. The third-order valence-electron chi connectivity index (χ3n) is 8.35. The molecule has 1 aromatic carbocycles. The molecule has 4 atom stereocenters. The van der Waals surface area contributed by atoms with Crippen molar-refractivity contribution in [2.24, 2.45) is 0 Å². The third-order valence-corrected chi connectivity index (χ3v) is 12.8. The summed E-state index contributed by atoms with van der Waals surface area (Å²) in [6, 6.07) is 7.96. The van der Waals surface area contributed by atoms with Crippen LogP contribution in [0, 0.1) is 11.8 Å². The first-order valence-electron chi connectivity index (χ1n) is 16.1. The zero-order valence-electron chi connectivity index (χ0n) is 28.8. The number of unbranched alkanes of at least 4 members (excludes halogenated alkanes) is 3. The van der Waals surface area contributed by atoms with Crippen molar-refractivity contribution in [2.75, 3.05) is 27.6 Å². The van der Waals surface area contributed by atoms with E-state index in [1.54, 1.807) is 14.2 Å². The third kappa shape index (κ3) is 13.6. The van der Waals surface area contributed by atoms with Gasteiger partial charge in [-0.3, -0.25) is 0 Å². The number of benzene rings is 1. The molecule has 0 amide bonds. The second-order valence-corrected chi connectivity index (χ2v) is 18.3. The maximum atomic E-state index is 6.95. The molecular weight excluding hydrogens is 560 g/mol. The minimum absolute atomic E-state index is 0.0731. The van der Waals surface area contributed by atoms with Gasteiger partial charge in [0, 0.05) is 20.1 Å². The molecule has 0 aliphatic carbocycles. The van der Waals surface area contributed by atoms with Gasteiger partial charge in [0.25, 0.3) is 0 Å². The number of rotatable bonds is 19. The summed E-state index contributed by atoms with van der Waals surface area (Å²) < 4.78 is 42.1. The fourth-order valence-corrected chi connectivity index (χ4v) is 6.18. The van der Waals surface area contributed by atoms with Gasteiger partial charge in [-0.25, -0.2) is 0 Å². The predicted molar refractivity (Wildman–Crippen MR) is 176 cm³/mol. The molecule has 1 heterocycles. The van der Waals surface area contributed by atoms with Crippen LogP contribution in [0.4, 0.5) is 0 Å². The summed E-state index contributed by atoms with van der Waals surface area (Å²) in [6.07, 6.45) is 7.29. The Morgan fingerprint density at radius 2 is 1.70 bits per heavy atom. The van der Waals surface area contributed by atoms with E-state index in [0.717, 1.165) is 37.0 Å². The second kappa shape index (κ2) is 18.5. The van der Waals surface area contributed by atoms with Crippen LogP contribution in [0.3, 0.4) is 0 Å². The van der Waals surface area contributed by atoms with E-state index in [2.05, 4.69) is 52.6 Å². The van der Waals surface area contributed by atoms with E-state index in [4.69, 9.17) is 32.8 Å². The van der Waals surface area contributed by atoms with Crippen molar-refractivity contribution >= 4 is 8.32 Å². The van der Waals surface area contributed by atoms with Crippen LogP contribution in [0.25, 0.3) is 0 Å². The van der Waals surface area contributed by atoms with E-state index in [1.165, 1.54) is 19.3 Å². The lowest BCUT2D eigenvalue weighted by atomic mass is 10.0. The maximum Gasteiger partial charge on any atom is 0.192 e. The van der Waals surface area contributed by atoms with Gasteiger partial charge >= 0.3 is 0 Å². The van der Waals surface area contributed by atoms with Gasteiger partial charge in [0.15, 0.2) is 14.1 Å². The molecule has 246 valence electrons. The van der Waals surface area contributed by atoms with Gasteiger partial charge < -0.3 is 32.8 Å². The van der Waals surface area contributed by atoms with E-state index in [0.29, 0.717) is 19.6 Å². The highest BCUT2D eigenvalue weighted by atomic mass is 28.4. The summed E-state index contributed by atoms with van der Waals surface area (Å²) in [5.74, 6) is 7.02. The number of ether oxygens (including phenoxy) is 6. The van der Waals surface area contributed by atoms with E-state index in [-0.39, 0.29) is 36.2 Å². The summed E-state index contributed by atoms with van der Waals surface area (Å²) >= 11 is 0. The van der Waals surface area contributed by atoms with Gasteiger partial charge in [0.2, 0.25) is 0 Å². The van der Waals surface area contributed by atoms with Crippen molar-refractivity contribution < 1.29 is 32.8 Å². The minimum atomic E-state index is -2.06. The molecule has 1 aromatic rings. The van der Waals surface area contributed by atoms with Gasteiger partial charge in [0.1, 0.15) is 18.6 Å². The molecule has 7 nitrogen and oxygen atoms in total. The van der Waals surface area contributed by atoms with E-state index in [9.17, 15) is 0 Å². The van der Waals surface area contributed by atoms with Crippen molar-refractivity contribution in [1.82, 2.24) is 0 Å². The fourth-order valence-electron chi connectivity index (χ4n) is 4.84. The zero-order chi connectivity index (χ0) is 31.9. The molecule has 43 heavy (non-hydrogen) atoms. The Bertz CT molecular complexity index is 961. The van der Waals surface area contributed by atoms with E-state index < -0.39 is 14.1 Å². The second-order valence-electron chi connectivity index (χ2n) is 13.5. The fraction of sp³-hybridized carbons (Fsp3) is 0.771. The summed E-state index contributed by atoms with van der Waals surface area (Å²) in [7, 11) is 1.28. The Hall–Kier alpha value is -1.44. The van der Waals surface area contributed by atoms with Gasteiger partial charge in [-0.05, 0) is 68.9 Å². The summed E-state index contributed by atoms with van der Waals surface area (Å²) in [4.78, 5) is 0. The smallest absolute Gasteiger partial charge is 0.192 e. The molecule has 0 aromatic heterocycles. The highest BCUT2D eigenvalue weighted by Gasteiger charge is 2.42. The molecule has 8 heteroatoms. The first kappa shape index (κ1) is 37.7. The highest BCUT2D eigenvalue weighted by molar-refractivity contribution is 6.74. The standard InChI is InChI=1S/C35H60O7Si/c1-11-12-13-14-17-30(39-27-36-7)33(42-43(9,10)34(2,3)4)19-15-18-31-32(41-35(5,6)40-31)20-16-25-38-26-28-21-23-29(37-8)24-22-28/h21-24,30-33H,11-14,16-17,19-20,25-27H2,1-10H3/t30-,31+,32+,33-/m0/s1. The molecule has 2 rings (SSSR count). The van der Waals surface area contributed by atoms with Crippen LogP contribution in [-0.4, -0.2) is 66.1 Å². The lowest BCUT2D eigenvalue weighted by Crippen LogP contribution is -2.47. The summed E-state index contributed by atoms with van der Waals surface area (Å²) in [5.41, 5.74) is 1.12. The molecule has 0 saturated carbocycles. The van der Waals surface area contributed by atoms with Crippen LogP contribution in [0.5, 0.6) is 5.75 Å². The SMILES string of the molecule is CCCCCC[C@H](OCOC)[C@H](CC#C[C@H]1OC(C)(C)O[C@@H]1CCCOCc1ccc(OC)cc1)O[Si](C)(C)C(C)(C)C. The Kier molecular flexibility index (Phi) is 16.2. The summed E-state index contributed by atoms with van der Waals surface area (Å²) in [5, 5.41) is 0.0830. The normalized spacial score (nSPS) is 20.0. The van der Waals surface area contributed by atoms with Gasteiger partial charge in [-0.2, -0.15) is 0 Å². The maximum absolute atomic E-state index is 6.95. The van der Waals surface area contributed by atoms with Crippen LogP contribution in [-0.2, 0) is 34.7 Å². The van der Waals surface area contributed by atoms with Crippen molar-refractivity contribution in [3.8, 4) is 17.6 Å². The van der Waals surface area contributed by atoms with Gasteiger partial charge in [-0.1, -0.05) is 77.4 Å². The Labute approximate surface area is 263 Å². The van der Waals surface area contributed by atoms with Crippen molar-refractivity contribution in [3.05, 3.63) is 29.8 Å². The first-order valence-corrected chi connectivity index (χ1v) is 19.1. The Balaban J connectivity index is 2.05. The lowest BCUT2D eigenvalue weighted by Gasteiger charge is -2.41. The topological polar surface area (TPSA) is 64.6 Å². The van der Waals surface area contributed by atoms with Crippen LogP contribution in [0.2, 0.25) is 18.1 Å². The van der Waals surface area contributed by atoms with Crippen LogP contribution < -0.4 is 4.74 Å². The molecule has 0 radical (unpaired) electrons. The van der Waals surface area contributed by atoms with Gasteiger partial charge in [-0.15, -0.1) is 0 Å². The van der Waals surface area contributed by atoms with E-state index in [1.807, 2.05) is 38.1 Å². The molecular formula is C35H60O7Si. The average molecular weight is 621 g/mol. The molecule has 1 aliphatic heterocycles. The number of hydrogen-bond donors (Lipinski definition) is 0. The first-order chi connectivity index (χ1) is 20.3. The minimum Gasteiger partial charge on any atom is -0.497 e. The molecule has 0 unspecified atom stereocenters. The summed E-state index contributed by atoms with van der Waals surface area (Å²) in [6.45, 7) is 19.0. The predicted octanol–water partition coefficient (Wildman–Crippen LogP) is 8.26. The Morgan fingerprint density at radius 1 is 0.977 bits per heavy atom. The molecule has 0 spiro atoms. The van der Waals surface area contributed by atoms with E-state index >= 15 is 0 Å². The number of methoxy groups -OCH3 is 2. The van der Waals surface area contributed by atoms with Gasteiger partial charge in [0.05, 0.1) is 32.0 Å². The molecule has 1 aliphatic rings. The zero-order valence-corrected chi connectivity index (χ0v) is 29.8. The highest BCUT2D eigenvalue weighted by Crippen LogP contribution is 2.38. The van der Waals surface area contributed by atoms with Crippen LogP contribution >= 0.6 is 0 Å².